The normalized spacial score (nSPS) is 16.2. The Bertz CT molecular complexity index is 1170. The van der Waals surface area contributed by atoms with Gasteiger partial charge in [0.1, 0.15) is 0 Å². The molecule has 3 aromatic rings. The summed E-state index contributed by atoms with van der Waals surface area (Å²) in [5.41, 5.74) is 8.02. The lowest BCUT2D eigenvalue weighted by molar-refractivity contribution is 0.100. The zero-order valence-corrected chi connectivity index (χ0v) is 18.4. The Kier molecular flexibility index (Phi) is 5.90. The number of carbonyl (C=O) groups is 1. The number of aromatic amines is 1. The molecule has 6 nitrogen and oxygen atoms in total. The minimum Gasteiger partial charge on any atom is -0.366 e. The highest BCUT2D eigenvalue weighted by Gasteiger charge is 2.29. The van der Waals surface area contributed by atoms with Crippen LogP contribution < -0.4 is 5.73 Å². The average molecular weight is 444 g/mol. The molecule has 4 rings (SSSR count). The van der Waals surface area contributed by atoms with E-state index in [1.165, 1.54) is 0 Å². The van der Waals surface area contributed by atoms with Gasteiger partial charge in [0.05, 0.1) is 16.8 Å². The third kappa shape index (κ3) is 4.12. The molecule has 0 unspecified atom stereocenters. The summed E-state index contributed by atoms with van der Waals surface area (Å²) in [5.74, 6) is -0.0974. The van der Waals surface area contributed by atoms with Crippen molar-refractivity contribution >= 4 is 38.6 Å². The molecular formula is C22H25N3O3S2. The highest BCUT2D eigenvalue weighted by atomic mass is 32.2. The average Bonchev–Trinajstić information content (AvgIpc) is 3.17. The molecule has 0 aliphatic carbocycles. The van der Waals surface area contributed by atoms with Gasteiger partial charge >= 0.3 is 0 Å². The first-order chi connectivity index (χ1) is 14.4. The van der Waals surface area contributed by atoms with Crippen molar-refractivity contribution in [3.63, 3.8) is 0 Å². The van der Waals surface area contributed by atoms with Crippen LogP contribution in [0.5, 0.6) is 0 Å². The quantitative estimate of drug-likeness (QED) is 0.603. The molecule has 3 N–H and O–H groups in total. The molecule has 0 spiro atoms. The van der Waals surface area contributed by atoms with Crippen LogP contribution in [0.15, 0.2) is 58.5 Å². The Morgan fingerprint density at radius 2 is 1.87 bits per heavy atom. The van der Waals surface area contributed by atoms with Gasteiger partial charge in [0.2, 0.25) is 10.0 Å². The number of hydrogen-bond acceptors (Lipinski definition) is 4. The molecule has 1 aromatic heterocycles. The number of primary amides is 1. The van der Waals surface area contributed by atoms with Crippen LogP contribution in [0.4, 0.5) is 0 Å². The number of piperidine rings is 1. The summed E-state index contributed by atoms with van der Waals surface area (Å²) in [4.78, 5) is 17.4. The van der Waals surface area contributed by atoms with Crippen molar-refractivity contribution in [3.05, 3.63) is 59.8 Å². The Hall–Kier alpha value is -2.29. The van der Waals surface area contributed by atoms with E-state index in [0.29, 0.717) is 18.7 Å². The second-order valence-corrected chi connectivity index (χ2v) is 10.9. The summed E-state index contributed by atoms with van der Waals surface area (Å²) in [7, 11) is -3.15. The predicted molar refractivity (Wildman–Crippen MR) is 120 cm³/mol. The fourth-order valence-corrected chi connectivity index (χ4v) is 6.12. The number of amides is 1. The number of sulfonamides is 1. The first-order valence-electron chi connectivity index (χ1n) is 10.0. The molecule has 1 fully saturated rings. The maximum Gasteiger partial charge on any atom is 0.250 e. The summed E-state index contributed by atoms with van der Waals surface area (Å²) >= 11 is 1.59. The van der Waals surface area contributed by atoms with Gasteiger partial charge < -0.3 is 10.7 Å². The number of rotatable bonds is 6. The van der Waals surface area contributed by atoms with E-state index in [4.69, 9.17) is 5.73 Å². The topological polar surface area (TPSA) is 96.3 Å². The number of carbonyl (C=O) groups excluding carboxylic acids is 1. The van der Waals surface area contributed by atoms with Crippen LogP contribution in [0.25, 0.3) is 10.9 Å². The van der Waals surface area contributed by atoms with Crippen molar-refractivity contribution in [3.8, 4) is 0 Å². The Morgan fingerprint density at radius 1 is 1.17 bits per heavy atom. The van der Waals surface area contributed by atoms with E-state index >= 15 is 0 Å². The van der Waals surface area contributed by atoms with Crippen molar-refractivity contribution in [1.29, 1.82) is 0 Å². The van der Waals surface area contributed by atoms with Gasteiger partial charge in [0.25, 0.3) is 5.91 Å². The van der Waals surface area contributed by atoms with Crippen molar-refractivity contribution in [2.24, 2.45) is 5.73 Å². The summed E-state index contributed by atoms with van der Waals surface area (Å²) in [6, 6.07) is 13.9. The first kappa shape index (κ1) is 21.0. The Labute approximate surface area is 180 Å². The van der Waals surface area contributed by atoms with E-state index in [1.54, 1.807) is 23.0 Å². The Morgan fingerprint density at radius 3 is 2.50 bits per heavy atom. The standard InChI is InChI=1S/C22H25N3O3S2/c1-2-30(27,28)25-10-8-15(9-11-25)20-14-24-21-18(20)12-17(13-19(21)22(23)26)29-16-6-4-3-5-7-16/h3-7,12-15,24H,2,8-11H2,1H3,(H2,23,26). The van der Waals surface area contributed by atoms with Crippen molar-refractivity contribution < 1.29 is 13.2 Å². The van der Waals surface area contributed by atoms with Crippen LogP contribution in [0.2, 0.25) is 0 Å². The molecule has 2 heterocycles. The lowest BCUT2D eigenvalue weighted by Gasteiger charge is -2.31. The third-order valence-corrected chi connectivity index (χ3v) is 8.55. The molecule has 0 saturated carbocycles. The molecule has 0 radical (unpaired) electrons. The molecule has 1 aliphatic heterocycles. The maximum atomic E-state index is 12.2. The minimum absolute atomic E-state index is 0.132. The number of aromatic nitrogens is 1. The number of nitrogens with one attached hydrogen (secondary N) is 1. The van der Waals surface area contributed by atoms with Gasteiger partial charge in [-0.05, 0) is 55.5 Å². The van der Waals surface area contributed by atoms with Gasteiger partial charge in [-0.25, -0.2) is 12.7 Å². The molecule has 158 valence electrons. The molecule has 2 aromatic carbocycles. The Balaban J connectivity index is 1.67. The summed E-state index contributed by atoms with van der Waals surface area (Å²) < 4.78 is 25.9. The molecule has 1 amide bonds. The van der Waals surface area contributed by atoms with E-state index in [1.807, 2.05) is 42.6 Å². The summed E-state index contributed by atoms with van der Waals surface area (Å²) in [6.45, 7) is 2.72. The number of hydrogen-bond donors (Lipinski definition) is 2. The van der Waals surface area contributed by atoms with Gasteiger partial charge in [-0.15, -0.1) is 0 Å². The van der Waals surface area contributed by atoms with Gasteiger partial charge in [-0.2, -0.15) is 0 Å². The van der Waals surface area contributed by atoms with Crippen LogP contribution in [0.3, 0.4) is 0 Å². The highest BCUT2D eigenvalue weighted by Crippen LogP contribution is 2.38. The van der Waals surface area contributed by atoms with E-state index in [2.05, 4.69) is 11.1 Å². The number of H-pyrrole nitrogens is 1. The zero-order valence-electron chi connectivity index (χ0n) is 16.8. The lowest BCUT2D eigenvalue weighted by Crippen LogP contribution is -2.38. The van der Waals surface area contributed by atoms with E-state index < -0.39 is 15.9 Å². The number of benzene rings is 2. The zero-order chi connectivity index (χ0) is 21.3. The molecule has 0 bridgehead atoms. The lowest BCUT2D eigenvalue weighted by atomic mass is 9.89. The van der Waals surface area contributed by atoms with E-state index in [-0.39, 0.29) is 11.7 Å². The van der Waals surface area contributed by atoms with Crippen molar-refractivity contribution in [2.45, 2.75) is 35.5 Å². The number of nitrogens with two attached hydrogens (primary N) is 1. The number of fused-ring (bicyclic) bond motifs is 1. The second kappa shape index (κ2) is 8.45. The van der Waals surface area contributed by atoms with E-state index in [0.717, 1.165) is 39.1 Å². The van der Waals surface area contributed by atoms with Crippen molar-refractivity contribution in [2.75, 3.05) is 18.8 Å². The van der Waals surface area contributed by atoms with Gasteiger partial charge in [0, 0.05) is 34.5 Å². The maximum absolute atomic E-state index is 12.2. The monoisotopic (exact) mass is 443 g/mol. The second-order valence-electron chi connectivity index (χ2n) is 7.49. The van der Waals surface area contributed by atoms with Crippen molar-refractivity contribution in [1.82, 2.24) is 9.29 Å². The summed E-state index contributed by atoms with van der Waals surface area (Å²) in [6.07, 6.45) is 3.46. The molecule has 0 atom stereocenters. The van der Waals surface area contributed by atoms with Gasteiger partial charge in [0.15, 0.2) is 0 Å². The van der Waals surface area contributed by atoms with Gasteiger partial charge in [-0.3, -0.25) is 4.79 Å². The molecule has 30 heavy (non-hydrogen) atoms. The van der Waals surface area contributed by atoms with Crippen LogP contribution in [-0.2, 0) is 10.0 Å². The summed E-state index contributed by atoms with van der Waals surface area (Å²) in [5, 5.41) is 0.988. The van der Waals surface area contributed by atoms with E-state index in [9.17, 15) is 13.2 Å². The first-order valence-corrected chi connectivity index (χ1v) is 12.5. The van der Waals surface area contributed by atoms with Crippen LogP contribution in [0, 0.1) is 0 Å². The third-order valence-electron chi connectivity index (χ3n) is 5.69. The molecule has 1 saturated heterocycles. The van der Waals surface area contributed by atoms with Crippen LogP contribution >= 0.6 is 11.8 Å². The number of nitrogens with zero attached hydrogens (tertiary/aromatic N) is 1. The molecule has 1 aliphatic rings. The fourth-order valence-electron chi connectivity index (χ4n) is 4.07. The molecular weight excluding hydrogens is 418 g/mol. The predicted octanol–water partition coefficient (Wildman–Crippen LogP) is 3.95. The van der Waals surface area contributed by atoms with Crippen LogP contribution in [0.1, 0.15) is 41.6 Å². The van der Waals surface area contributed by atoms with Gasteiger partial charge in [-0.1, -0.05) is 30.0 Å². The van der Waals surface area contributed by atoms with Crippen LogP contribution in [-0.4, -0.2) is 42.5 Å². The molecule has 8 heteroatoms. The minimum atomic E-state index is -3.15. The largest absolute Gasteiger partial charge is 0.366 e. The fraction of sp³-hybridized carbons (Fsp3) is 0.318. The highest BCUT2D eigenvalue weighted by molar-refractivity contribution is 7.99. The SMILES string of the molecule is CCS(=O)(=O)N1CCC(c2c[nH]c3c(C(N)=O)cc(Sc4ccccc4)cc23)CC1. The smallest absolute Gasteiger partial charge is 0.250 e.